The van der Waals surface area contributed by atoms with Crippen LogP contribution in [-0.2, 0) is 6.54 Å². The lowest BCUT2D eigenvalue weighted by Crippen LogP contribution is -2.31. The number of hydrogen-bond donors (Lipinski definition) is 1. The van der Waals surface area contributed by atoms with E-state index in [1.807, 2.05) is 37.1 Å². The number of nitrogens with two attached hydrogens (primary N) is 1. The summed E-state index contributed by atoms with van der Waals surface area (Å²) in [6.07, 6.45) is 0. The Balaban J connectivity index is 2.22. The molecule has 0 aliphatic carbocycles. The van der Waals surface area contributed by atoms with Crippen molar-refractivity contribution in [2.45, 2.75) is 19.5 Å². The number of likely N-dealkylation sites (N-methyl/N-ethyl adjacent to an activating group) is 1. The molecule has 1 unspecified atom stereocenters. The van der Waals surface area contributed by atoms with Gasteiger partial charge >= 0.3 is 0 Å². The van der Waals surface area contributed by atoms with Crippen LogP contribution in [0.25, 0.3) is 0 Å². The summed E-state index contributed by atoms with van der Waals surface area (Å²) in [4.78, 5) is 1.94. The molecule has 0 heterocycles. The molecule has 2 N–H and O–H groups in total. The van der Waals surface area contributed by atoms with Crippen LogP contribution in [0, 0.1) is 18.6 Å². The minimum absolute atomic E-state index is 0.225. The zero-order chi connectivity index (χ0) is 15.4. The molecule has 0 aliphatic rings. The van der Waals surface area contributed by atoms with E-state index < -0.39 is 11.6 Å². The van der Waals surface area contributed by atoms with Crippen molar-refractivity contribution in [2.24, 2.45) is 5.73 Å². The standard InChI is InChI=1S/C17H20F2N2/c1-12-5-3-6-13(9-12)11-21(2)16(10-20)14-7-4-8-15(18)17(14)19/h3-9,16H,10-11,20H2,1-2H3. The molecule has 21 heavy (non-hydrogen) atoms. The highest BCUT2D eigenvalue weighted by Crippen LogP contribution is 2.24. The molecule has 4 heteroatoms. The Hall–Kier alpha value is -1.78. The molecule has 2 nitrogen and oxygen atoms in total. The molecule has 2 aromatic rings. The maximum atomic E-state index is 13.9. The Labute approximate surface area is 124 Å². The van der Waals surface area contributed by atoms with Gasteiger partial charge in [-0.05, 0) is 25.6 Å². The molecule has 2 rings (SSSR count). The number of aryl methyl sites for hydroxylation is 1. The molecule has 0 saturated carbocycles. The lowest BCUT2D eigenvalue weighted by Gasteiger charge is -2.28. The van der Waals surface area contributed by atoms with Crippen LogP contribution in [0.4, 0.5) is 8.78 Å². The highest BCUT2D eigenvalue weighted by atomic mass is 19.2. The van der Waals surface area contributed by atoms with Gasteiger partial charge < -0.3 is 5.73 Å². The average Bonchev–Trinajstić information content (AvgIpc) is 2.44. The summed E-state index contributed by atoms with van der Waals surface area (Å²) in [5.41, 5.74) is 8.36. The Kier molecular flexibility index (Phi) is 5.04. The Morgan fingerprint density at radius 2 is 1.86 bits per heavy atom. The summed E-state index contributed by atoms with van der Waals surface area (Å²) in [5, 5.41) is 0. The van der Waals surface area contributed by atoms with Crippen LogP contribution < -0.4 is 5.73 Å². The van der Waals surface area contributed by atoms with Crippen LogP contribution in [0.3, 0.4) is 0 Å². The van der Waals surface area contributed by atoms with Crippen LogP contribution >= 0.6 is 0 Å². The third-order valence-corrected chi connectivity index (χ3v) is 3.61. The van der Waals surface area contributed by atoms with E-state index in [1.165, 1.54) is 11.6 Å². The van der Waals surface area contributed by atoms with E-state index in [0.717, 1.165) is 11.6 Å². The van der Waals surface area contributed by atoms with Crippen molar-refractivity contribution in [3.05, 3.63) is 70.8 Å². The van der Waals surface area contributed by atoms with E-state index >= 15 is 0 Å². The van der Waals surface area contributed by atoms with Crippen molar-refractivity contribution in [1.29, 1.82) is 0 Å². The topological polar surface area (TPSA) is 29.3 Å². The number of hydrogen-bond acceptors (Lipinski definition) is 2. The maximum Gasteiger partial charge on any atom is 0.163 e. The van der Waals surface area contributed by atoms with Crippen LogP contribution in [0.15, 0.2) is 42.5 Å². The maximum absolute atomic E-state index is 13.9. The molecule has 112 valence electrons. The zero-order valence-electron chi connectivity index (χ0n) is 12.3. The van der Waals surface area contributed by atoms with Crippen molar-refractivity contribution in [2.75, 3.05) is 13.6 Å². The molecule has 0 amide bonds. The molecular weight excluding hydrogens is 270 g/mol. The second kappa shape index (κ2) is 6.78. The van der Waals surface area contributed by atoms with Crippen molar-refractivity contribution < 1.29 is 8.78 Å². The fourth-order valence-corrected chi connectivity index (χ4v) is 2.53. The fraction of sp³-hybridized carbons (Fsp3) is 0.294. The normalized spacial score (nSPS) is 12.7. The summed E-state index contributed by atoms with van der Waals surface area (Å²) in [7, 11) is 1.87. The van der Waals surface area contributed by atoms with E-state index in [0.29, 0.717) is 12.1 Å². The van der Waals surface area contributed by atoms with Crippen LogP contribution in [0.2, 0.25) is 0 Å². The monoisotopic (exact) mass is 290 g/mol. The smallest absolute Gasteiger partial charge is 0.163 e. The van der Waals surface area contributed by atoms with Gasteiger partial charge in [-0.25, -0.2) is 8.78 Å². The van der Waals surface area contributed by atoms with Crippen LogP contribution in [0.1, 0.15) is 22.7 Å². The summed E-state index contributed by atoms with van der Waals surface area (Å²) >= 11 is 0. The highest BCUT2D eigenvalue weighted by Gasteiger charge is 2.21. The zero-order valence-corrected chi connectivity index (χ0v) is 12.3. The first kappa shape index (κ1) is 15.6. The quantitative estimate of drug-likeness (QED) is 0.914. The lowest BCUT2D eigenvalue weighted by molar-refractivity contribution is 0.235. The molecule has 0 spiro atoms. The number of halogens is 2. The van der Waals surface area contributed by atoms with Crippen LogP contribution in [0.5, 0.6) is 0 Å². The first-order chi connectivity index (χ1) is 10.0. The van der Waals surface area contributed by atoms with Gasteiger partial charge in [-0.1, -0.05) is 42.0 Å². The second-order valence-electron chi connectivity index (χ2n) is 5.30. The van der Waals surface area contributed by atoms with Gasteiger partial charge in [0, 0.05) is 18.7 Å². The number of nitrogens with zero attached hydrogens (tertiary/aromatic N) is 1. The predicted octanol–water partition coefficient (Wildman–Crippen LogP) is 3.41. The molecule has 0 aliphatic heterocycles. The summed E-state index contributed by atoms with van der Waals surface area (Å²) in [6.45, 7) is 2.87. The molecule has 2 aromatic carbocycles. The molecule has 0 saturated heterocycles. The highest BCUT2D eigenvalue weighted by molar-refractivity contribution is 5.25. The van der Waals surface area contributed by atoms with Gasteiger partial charge in [-0.2, -0.15) is 0 Å². The Morgan fingerprint density at radius 1 is 1.14 bits per heavy atom. The molecule has 0 radical (unpaired) electrons. The van der Waals surface area contributed by atoms with Crippen LogP contribution in [-0.4, -0.2) is 18.5 Å². The number of rotatable bonds is 5. The fourth-order valence-electron chi connectivity index (χ4n) is 2.53. The van der Waals surface area contributed by atoms with E-state index in [1.54, 1.807) is 6.07 Å². The van der Waals surface area contributed by atoms with Crippen molar-refractivity contribution in [3.63, 3.8) is 0 Å². The van der Waals surface area contributed by atoms with Crippen molar-refractivity contribution in [3.8, 4) is 0 Å². The van der Waals surface area contributed by atoms with E-state index in [2.05, 4.69) is 6.07 Å². The summed E-state index contributed by atoms with van der Waals surface area (Å²) in [5.74, 6) is -1.65. The minimum Gasteiger partial charge on any atom is -0.329 e. The van der Waals surface area contributed by atoms with Gasteiger partial charge in [0.05, 0.1) is 6.04 Å². The summed E-state index contributed by atoms with van der Waals surface area (Å²) < 4.78 is 27.3. The van der Waals surface area contributed by atoms with E-state index in [4.69, 9.17) is 5.73 Å². The Morgan fingerprint density at radius 3 is 2.52 bits per heavy atom. The SMILES string of the molecule is Cc1cccc(CN(C)C(CN)c2cccc(F)c2F)c1. The van der Waals surface area contributed by atoms with Gasteiger partial charge in [0.2, 0.25) is 0 Å². The van der Waals surface area contributed by atoms with Gasteiger partial charge in [0.1, 0.15) is 0 Å². The number of benzene rings is 2. The molecule has 0 aromatic heterocycles. The minimum atomic E-state index is -0.838. The largest absolute Gasteiger partial charge is 0.329 e. The third kappa shape index (κ3) is 3.65. The molecular formula is C17H20F2N2. The molecule has 0 bridgehead atoms. The molecule has 0 fully saturated rings. The predicted molar refractivity (Wildman–Crippen MR) is 80.8 cm³/mol. The average molecular weight is 290 g/mol. The van der Waals surface area contributed by atoms with E-state index in [-0.39, 0.29) is 12.6 Å². The van der Waals surface area contributed by atoms with Gasteiger partial charge in [0.25, 0.3) is 0 Å². The van der Waals surface area contributed by atoms with Crippen molar-refractivity contribution >= 4 is 0 Å². The van der Waals surface area contributed by atoms with E-state index in [9.17, 15) is 8.78 Å². The second-order valence-corrected chi connectivity index (χ2v) is 5.30. The van der Waals surface area contributed by atoms with Crippen molar-refractivity contribution in [1.82, 2.24) is 4.90 Å². The lowest BCUT2D eigenvalue weighted by atomic mass is 10.0. The van der Waals surface area contributed by atoms with Gasteiger partial charge in [-0.15, -0.1) is 0 Å². The van der Waals surface area contributed by atoms with Gasteiger partial charge in [-0.3, -0.25) is 4.90 Å². The molecule has 1 atom stereocenters. The third-order valence-electron chi connectivity index (χ3n) is 3.61. The van der Waals surface area contributed by atoms with Gasteiger partial charge in [0.15, 0.2) is 11.6 Å². The Bertz CT molecular complexity index is 613. The summed E-state index contributed by atoms with van der Waals surface area (Å²) in [6, 6.07) is 12.0. The first-order valence-electron chi connectivity index (χ1n) is 6.92. The first-order valence-corrected chi connectivity index (χ1v) is 6.92.